The van der Waals surface area contributed by atoms with Crippen LogP contribution in [0.3, 0.4) is 0 Å². The summed E-state index contributed by atoms with van der Waals surface area (Å²) in [7, 11) is 0.809. The fraction of sp³-hybridized carbons (Fsp3) is 0.562. The molecule has 0 radical (unpaired) electrons. The minimum absolute atomic E-state index is 0.0803. The van der Waals surface area contributed by atoms with Gasteiger partial charge in [0.1, 0.15) is 0 Å². The van der Waals surface area contributed by atoms with Gasteiger partial charge in [0.25, 0.3) is 5.91 Å². The van der Waals surface area contributed by atoms with E-state index in [0.29, 0.717) is 37.8 Å². The summed E-state index contributed by atoms with van der Waals surface area (Å²) in [6, 6.07) is 3.04. The van der Waals surface area contributed by atoms with Gasteiger partial charge in [0, 0.05) is 26.2 Å². The van der Waals surface area contributed by atoms with Gasteiger partial charge in [-0.2, -0.15) is 0 Å². The summed E-state index contributed by atoms with van der Waals surface area (Å²) >= 11 is 0. The van der Waals surface area contributed by atoms with Gasteiger partial charge < -0.3 is 19.1 Å². The SMILES string of the molecule is CCS(=O)(=O)N(C)c1cc(OC)c(OC)cc1C(=O)N1CCOCC1. The molecular weight excluding hydrogens is 348 g/mol. The summed E-state index contributed by atoms with van der Waals surface area (Å²) in [5.74, 6) is 0.375. The summed E-state index contributed by atoms with van der Waals surface area (Å²) in [5.41, 5.74) is 0.509. The predicted octanol–water partition coefficient (Wildman–Crippen LogP) is 0.962. The molecule has 1 aromatic rings. The highest BCUT2D eigenvalue weighted by Crippen LogP contribution is 2.36. The lowest BCUT2D eigenvalue weighted by Crippen LogP contribution is -2.41. The first-order valence-electron chi connectivity index (χ1n) is 7.95. The second-order valence-corrected chi connectivity index (χ2v) is 7.79. The van der Waals surface area contributed by atoms with Gasteiger partial charge in [0.2, 0.25) is 10.0 Å². The van der Waals surface area contributed by atoms with Crippen molar-refractivity contribution in [3.05, 3.63) is 17.7 Å². The van der Waals surface area contributed by atoms with E-state index in [1.54, 1.807) is 11.8 Å². The van der Waals surface area contributed by atoms with Crippen LogP contribution >= 0.6 is 0 Å². The molecule has 0 spiro atoms. The maximum atomic E-state index is 13.0. The third-order valence-corrected chi connectivity index (χ3v) is 5.91. The fourth-order valence-electron chi connectivity index (χ4n) is 2.58. The standard InChI is InChI=1S/C16H24N2O6S/c1-5-25(20,21)17(2)13-11-15(23-4)14(22-3)10-12(13)16(19)18-6-8-24-9-7-18/h10-11H,5-9H2,1-4H3. The van der Waals surface area contributed by atoms with Gasteiger partial charge in [-0.1, -0.05) is 0 Å². The first-order valence-corrected chi connectivity index (χ1v) is 9.56. The minimum Gasteiger partial charge on any atom is -0.493 e. The topological polar surface area (TPSA) is 85.4 Å². The number of benzene rings is 1. The number of hydrogen-bond donors (Lipinski definition) is 0. The number of anilines is 1. The molecule has 1 saturated heterocycles. The van der Waals surface area contributed by atoms with E-state index >= 15 is 0 Å². The number of ether oxygens (including phenoxy) is 3. The lowest BCUT2D eigenvalue weighted by Gasteiger charge is -2.29. The number of rotatable bonds is 6. The van der Waals surface area contributed by atoms with Crippen LogP contribution in [0.5, 0.6) is 11.5 Å². The molecule has 25 heavy (non-hydrogen) atoms. The number of amides is 1. The third kappa shape index (κ3) is 3.98. The van der Waals surface area contributed by atoms with E-state index in [1.165, 1.54) is 33.4 Å². The van der Waals surface area contributed by atoms with Crippen LogP contribution in [0.15, 0.2) is 12.1 Å². The second-order valence-electron chi connectivity index (χ2n) is 5.50. The fourth-order valence-corrected chi connectivity index (χ4v) is 3.42. The van der Waals surface area contributed by atoms with Gasteiger partial charge in [0.05, 0.1) is 44.4 Å². The van der Waals surface area contributed by atoms with Gasteiger partial charge in [-0.25, -0.2) is 8.42 Å². The van der Waals surface area contributed by atoms with Crippen molar-refractivity contribution >= 4 is 21.6 Å². The zero-order valence-corrected chi connectivity index (χ0v) is 15.8. The monoisotopic (exact) mass is 372 g/mol. The number of carbonyl (C=O) groups excluding carboxylic acids is 1. The van der Waals surface area contributed by atoms with Crippen LogP contribution in [-0.2, 0) is 14.8 Å². The Morgan fingerprint density at radius 1 is 1.20 bits per heavy atom. The quantitative estimate of drug-likeness (QED) is 0.739. The van der Waals surface area contributed by atoms with E-state index < -0.39 is 10.0 Å². The third-order valence-electron chi connectivity index (χ3n) is 4.15. The normalized spacial score (nSPS) is 15.0. The Labute approximate surface area is 148 Å². The van der Waals surface area contributed by atoms with Crippen molar-refractivity contribution in [3.8, 4) is 11.5 Å². The van der Waals surface area contributed by atoms with Crippen LogP contribution < -0.4 is 13.8 Å². The molecule has 8 nitrogen and oxygen atoms in total. The van der Waals surface area contributed by atoms with Crippen LogP contribution in [0.2, 0.25) is 0 Å². The molecule has 2 rings (SSSR count). The Morgan fingerprint density at radius 3 is 2.28 bits per heavy atom. The van der Waals surface area contributed by atoms with E-state index in [2.05, 4.69) is 0 Å². The maximum absolute atomic E-state index is 13.0. The van der Waals surface area contributed by atoms with Crippen molar-refractivity contribution in [2.45, 2.75) is 6.92 Å². The summed E-state index contributed by atoms with van der Waals surface area (Å²) < 4.78 is 41.5. The van der Waals surface area contributed by atoms with E-state index in [-0.39, 0.29) is 22.9 Å². The van der Waals surface area contributed by atoms with Gasteiger partial charge >= 0.3 is 0 Å². The van der Waals surface area contributed by atoms with Crippen LogP contribution in [-0.4, -0.2) is 72.5 Å². The number of morpholine rings is 1. The molecule has 1 amide bonds. The largest absolute Gasteiger partial charge is 0.493 e. The van der Waals surface area contributed by atoms with E-state index in [0.717, 1.165) is 4.31 Å². The van der Waals surface area contributed by atoms with Crippen LogP contribution in [0.1, 0.15) is 17.3 Å². The average molecular weight is 372 g/mol. The lowest BCUT2D eigenvalue weighted by atomic mass is 10.1. The number of sulfonamides is 1. The molecule has 0 atom stereocenters. The first-order chi connectivity index (χ1) is 11.9. The first kappa shape index (κ1) is 19.3. The number of nitrogens with zero attached hydrogens (tertiary/aromatic N) is 2. The Bertz CT molecular complexity index is 728. The minimum atomic E-state index is -3.54. The molecule has 0 aromatic heterocycles. The van der Waals surface area contributed by atoms with Gasteiger partial charge in [-0.05, 0) is 13.0 Å². The smallest absolute Gasteiger partial charge is 0.256 e. The van der Waals surface area contributed by atoms with Crippen molar-refractivity contribution < 1.29 is 27.4 Å². The summed E-state index contributed by atoms with van der Waals surface area (Å²) in [6.45, 7) is 3.37. The molecule has 0 saturated carbocycles. The number of carbonyl (C=O) groups is 1. The van der Waals surface area contributed by atoms with Gasteiger partial charge in [-0.15, -0.1) is 0 Å². The summed E-state index contributed by atoms with van der Waals surface area (Å²) in [6.07, 6.45) is 0. The van der Waals surface area contributed by atoms with Crippen molar-refractivity contribution in [1.82, 2.24) is 4.90 Å². The van der Waals surface area contributed by atoms with Crippen LogP contribution in [0.4, 0.5) is 5.69 Å². The highest BCUT2D eigenvalue weighted by molar-refractivity contribution is 7.92. The molecule has 1 fully saturated rings. The Kier molecular flexibility index (Phi) is 6.12. The zero-order chi connectivity index (χ0) is 18.6. The Hall–Kier alpha value is -2.00. The molecule has 9 heteroatoms. The van der Waals surface area contributed by atoms with Gasteiger partial charge in [-0.3, -0.25) is 9.10 Å². The molecule has 140 valence electrons. The number of hydrogen-bond acceptors (Lipinski definition) is 6. The second kappa shape index (κ2) is 7.92. The molecule has 1 aromatic carbocycles. The molecule has 1 heterocycles. The molecule has 0 N–H and O–H groups in total. The number of methoxy groups -OCH3 is 2. The summed E-state index contributed by atoms with van der Waals surface area (Å²) in [5, 5.41) is 0. The molecular formula is C16H24N2O6S. The average Bonchev–Trinajstić information content (AvgIpc) is 2.66. The zero-order valence-electron chi connectivity index (χ0n) is 14.9. The Balaban J connectivity index is 2.56. The van der Waals surface area contributed by atoms with E-state index in [9.17, 15) is 13.2 Å². The van der Waals surface area contributed by atoms with Gasteiger partial charge in [0.15, 0.2) is 11.5 Å². The molecule has 0 bridgehead atoms. The highest BCUT2D eigenvalue weighted by atomic mass is 32.2. The predicted molar refractivity (Wildman–Crippen MR) is 94.1 cm³/mol. The molecule has 0 aliphatic carbocycles. The lowest BCUT2D eigenvalue weighted by molar-refractivity contribution is 0.0303. The highest BCUT2D eigenvalue weighted by Gasteiger charge is 2.28. The summed E-state index contributed by atoms with van der Waals surface area (Å²) in [4.78, 5) is 14.6. The van der Waals surface area contributed by atoms with Crippen molar-refractivity contribution in [3.63, 3.8) is 0 Å². The Morgan fingerprint density at radius 2 is 1.76 bits per heavy atom. The van der Waals surface area contributed by atoms with Crippen molar-refractivity contribution in [2.24, 2.45) is 0 Å². The van der Waals surface area contributed by atoms with Crippen molar-refractivity contribution in [1.29, 1.82) is 0 Å². The van der Waals surface area contributed by atoms with Crippen LogP contribution in [0.25, 0.3) is 0 Å². The molecule has 1 aliphatic rings. The maximum Gasteiger partial charge on any atom is 0.256 e. The molecule has 0 unspecified atom stereocenters. The van der Waals surface area contributed by atoms with E-state index in [1.807, 2.05) is 0 Å². The van der Waals surface area contributed by atoms with Crippen LogP contribution in [0, 0.1) is 0 Å². The van der Waals surface area contributed by atoms with Crippen molar-refractivity contribution in [2.75, 3.05) is 57.6 Å². The molecule has 1 aliphatic heterocycles. The van der Waals surface area contributed by atoms with E-state index in [4.69, 9.17) is 14.2 Å².